The quantitative estimate of drug-likeness (QED) is 0.745. The maximum atomic E-state index is 11.7. The third-order valence-electron chi connectivity index (χ3n) is 4.79. The van der Waals surface area contributed by atoms with Crippen molar-refractivity contribution >= 4 is 5.91 Å². The van der Waals surface area contributed by atoms with Crippen molar-refractivity contribution in [1.82, 2.24) is 10.2 Å². The molecular formula is C14H27N3O. The maximum absolute atomic E-state index is 11.7. The number of amides is 1. The van der Waals surface area contributed by atoms with Crippen molar-refractivity contribution < 1.29 is 4.79 Å². The van der Waals surface area contributed by atoms with Crippen molar-refractivity contribution in [3.8, 4) is 0 Å². The molecule has 0 bridgehead atoms. The molecule has 2 aliphatic carbocycles. The Labute approximate surface area is 110 Å². The van der Waals surface area contributed by atoms with Gasteiger partial charge in [-0.1, -0.05) is 6.92 Å². The molecule has 0 heterocycles. The molecule has 2 unspecified atom stereocenters. The fraction of sp³-hybridized carbons (Fsp3) is 0.929. The Kier molecular flexibility index (Phi) is 4.28. The minimum atomic E-state index is -0.472. The lowest BCUT2D eigenvalue weighted by molar-refractivity contribution is -0.126. The number of hydrogen-bond acceptors (Lipinski definition) is 3. The number of hydrogen-bond donors (Lipinski definition) is 2. The van der Waals surface area contributed by atoms with Crippen LogP contribution in [0.4, 0.5) is 0 Å². The Hall–Kier alpha value is -0.610. The second kappa shape index (κ2) is 5.57. The largest absolute Gasteiger partial charge is 0.368 e. The lowest BCUT2D eigenvalue weighted by Gasteiger charge is -2.42. The van der Waals surface area contributed by atoms with Gasteiger partial charge < -0.3 is 16.0 Å². The molecule has 3 N–H and O–H groups in total. The first-order valence-electron chi connectivity index (χ1n) is 7.34. The SMILES string of the molecule is CCN(CC1CC1)C1CCCC(NC)(C(N)=O)C1. The molecule has 0 saturated heterocycles. The normalized spacial score (nSPS) is 32.7. The van der Waals surface area contributed by atoms with Crippen LogP contribution in [0.3, 0.4) is 0 Å². The highest BCUT2D eigenvalue weighted by Crippen LogP contribution is 2.35. The summed E-state index contributed by atoms with van der Waals surface area (Å²) < 4.78 is 0. The fourth-order valence-electron chi connectivity index (χ4n) is 3.30. The van der Waals surface area contributed by atoms with Gasteiger partial charge >= 0.3 is 0 Å². The summed E-state index contributed by atoms with van der Waals surface area (Å²) in [5.74, 6) is 0.724. The van der Waals surface area contributed by atoms with E-state index in [0.29, 0.717) is 6.04 Å². The molecule has 18 heavy (non-hydrogen) atoms. The zero-order valence-corrected chi connectivity index (χ0v) is 11.7. The number of primary amides is 1. The number of carbonyl (C=O) groups excluding carboxylic acids is 1. The Morgan fingerprint density at radius 1 is 1.44 bits per heavy atom. The third kappa shape index (κ3) is 2.86. The number of likely N-dealkylation sites (N-methyl/N-ethyl adjacent to an activating group) is 1. The van der Waals surface area contributed by atoms with Crippen LogP contribution < -0.4 is 11.1 Å². The fourth-order valence-corrected chi connectivity index (χ4v) is 3.30. The summed E-state index contributed by atoms with van der Waals surface area (Å²) in [7, 11) is 1.87. The molecule has 4 heteroatoms. The van der Waals surface area contributed by atoms with E-state index in [2.05, 4.69) is 17.1 Å². The molecule has 2 fully saturated rings. The molecule has 4 nitrogen and oxygen atoms in total. The molecular weight excluding hydrogens is 226 g/mol. The summed E-state index contributed by atoms with van der Waals surface area (Å²) in [4.78, 5) is 14.3. The maximum Gasteiger partial charge on any atom is 0.237 e. The third-order valence-corrected chi connectivity index (χ3v) is 4.79. The van der Waals surface area contributed by atoms with Gasteiger partial charge in [-0.15, -0.1) is 0 Å². The first-order chi connectivity index (χ1) is 8.61. The Morgan fingerprint density at radius 3 is 2.67 bits per heavy atom. The van der Waals surface area contributed by atoms with E-state index >= 15 is 0 Å². The predicted molar refractivity (Wildman–Crippen MR) is 73.2 cm³/mol. The van der Waals surface area contributed by atoms with Crippen LogP contribution >= 0.6 is 0 Å². The Morgan fingerprint density at radius 2 is 2.17 bits per heavy atom. The van der Waals surface area contributed by atoms with E-state index in [9.17, 15) is 4.79 Å². The summed E-state index contributed by atoms with van der Waals surface area (Å²) in [5.41, 5.74) is 5.14. The molecule has 0 aromatic heterocycles. The van der Waals surface area contributed by atoms with Crippen LogP contribution in [0.1, 0.15) is 45.4 Å². The van der Waals surface area contributed by atoms with Gasteiger partial charge in [0.25, 0.3) is 0 Å². The summed E-state index contributed by atoms with van der Waals surface area (Å²) in [6.07, 6.45) is 6.83. The highest BCUT2D eigenvalue weighted by Gasteiger charge is 2.42. The van der Waals surface area contributed by atoms with Crippen molar-refractivity contribution in [2.24, 2.45) is 11.7 Å². The summed E-state index contributed by atoms with van der Waals surface area (Å²) in [5, 5.41) is 3.19. The van der Waals surface area contributed by atoms with Crippen molar-refractivity contribution in [3.63, 3.8) is 0 Å². The second-order valence-electron chi connectivity index (χ2n) is 5.98. The standard InChI is InChI=1S/C14H27N3O/c1-3-17(10-11-6-7-11)12-5-4-8-14(9-12,16-2)13(15)18/h11-12,16H,3-10H2,1-2H3,(H2,15,18). The number of rotatable bonds is 6. The molecule has 2 aliphatic rings. The molecule has 2 atom stereocenters. The number of nitrogens with zero attached hydrogens (tertiary/aromatic N) is 1. The molecule has 0 aliphatic heterocycles. The van der Waals surface area contributed by atoms with Gasteiger partial charge in [-0.2, -0.15) is 0 Å². The van der Waals surface area contributed by atoms with Gasteiger partial charge in [0.15, 0.2) is 0 Å². The molecule has 104 valence electrons. The van der Waals surface area contributed by atoms with E-state index in [4.69, 9.17) is 5.73 Å². The van der Waals surface area contributed by atoms with Crippen molar-refractivity contribution in [2.75, 3.05) is 20.1 Å². The van der Waals surface area contributed by atoms with Gasteiger partial charge in [0, 0.05) is 12.6 Å². The number of carbonyl (C=O) groups is 1. The van der Waals surface area contributed by atoms with Crippen LogP contribution in [0.25, 0.3) is 0 Å². The van der Waals surface area contributed by atoms with Crippen molar-refractivity contribution in [3.05, 3.63) is 0 Å². The van der Waals surface area contributed by atoms with Gasteiger partial charge in [-0.3, -0.25) is 4.79 Å². The van der Waals surface area contributed by atoms with E-state index in [1.165, 1.54) is 25.8 Å². The molecule has 0 radical (unpaired) electrons. The Balaban J connectivity index is 2.01. The molecule has 0 aromatic carbocycles. The number of nitrogens with one attached hydrogen (secondary N) is 1. The van der Waals surface area contributed by atoms with Crippen LogP contribution in [0.2, 0.25) is 0 Å². The Bertz CT molecular complexity index is 303. The van der Waals surface area contributed by atoms with E-state index in [1.54, 1.807) is 0 Å². The lowest BCUT2D eigenvalue weighted by Crippen LogP contribution is -2.59. The average Bonchev–Trinajstić information content (AvgIpc) is 3.19. The molecule has 1 amide bonds. The molecule has 2 saturated carbocycles. The van der Waals surface area contributed by atoms with E-state index < -0.39 is 5.54 Å². The lowest BCUT2D eigenvalue weighted by atomic mass is 9.78. The van der Waals surface area contributed by atoms with Gasteiger partial charge in [0.05, 0.1) is 5.54 Å². The van der Waals surface area contributed by atoms with E-state index in [1.807, 2.05) is 7.05 Å². The summed E-state index contributed by atoms with van der Waals surface area (Å²) in [6, 6.07) is 0.518. The molecule has 0 aromatic rings. The number of nitrogens with two attached hydrogens (primary N) is 1. The van der Waals surface area contributed by atoms with Gasteiger partial charge in [-0.25, -0.2) is 0 Å². The zero-order valence-electron chi connectivity index (χ0n) is 11.7. The van der Waals surface area contributed by atoms with Gasteiger partial charge in [0.2, 0.25) is 5.91 Å². The second-order valence-corrected chi connectivity index (χ2v) is 5.98. The minimum absolute atomic E-state index is 0.183. The zero-order chi connectivity index (χ0) is 13.2. The van der Waals surface area contributed by atoms with Crippen molar-refractivity contribution in [1.29, 1.82) is 0 Å². The molecule has 2 rings (SSSR count). The topological polar surface area (TPSA) is 58.4 Å². The highest BCUT2D eigenvalue weighted by atomic mass is 16.1. The monoisotopic (exact) mass is 253 g/mol. The summed E-state index contributed by atoms with van der Waals surface area (Å²) >= 11 is 0. The first kappa shape index (κ1) is 13.8. The van der Waals surface area contributed by atoms with Crippen LogP contribution in [0.5, 0.6) is 0 Å². The van der Waals surface area contributed by atoms with Crippen molar-refractivity contribution in [2.45, 2.75) is 57.0 Å². The smallest absolute Gasteiger partial charge is 0.237 e. The van der Waals surface area contributed by atoms with Crippen LogP contribution in [0.15, 0.2) is 0 Å². The predicted octanol–water partition coefficient (Wildman–Crippen LogP) is 1.10. The van der Waals surface area contributed by atoms with Crippen LogP contribution in [-0.4, -0.2) is 42.5 Å². The molecule has 0 spiro atoms. The highest BCUT2D eigenvalue weighted by molar-refractivity contribution is 5.84. The minimum Gasteiger partial charge on any atom is -0.368 e. The van der Waals surface area contributed by atoms with E-state index in [-0.39, 0.29) is 5.91 Å². The van der Waals surface area contributed by atoms with E-state index in [0.717, 1.165) is 31.7 Å². The summed E-state index contributed by atoms with van der Waals surface area (Å²) in [6.45, 7) is 4.52. The van der Waals surface area contributed by atoms with Gasteiger partial charge in [-0.05, 0) is 58.0 Å². The van der Waals surface area contributed by atoms with Gasteiger partial charge in [0.1, 0.15) is 0 Å². The average molecular weight is 253 g/mol. The first-order valence-corrected chi connectivity index (χ1v) is 7.34. The van der Waals surface area contributed by atoms with Crippen LogP contribution in [-0.2, 0) is 4.79 Å². The van der Waals surface area contributed by atoms with Crippen LogP contribution in [0, 0.1) is 5.92 Å².